The normalized spacial score (nSPS) is 17.0. The molecule has 4 aromatic rings. The first-order valence-corrected chi connectivity index (χ1v) is 17.2. The summed E-state index contributed by atoms with van der Waals surface area (Å²) in [6.45, 7) is 3.54. The molecular weight excluding hydrogens is 638 g/mol. The summed E-state index contributed by atoms with van der Waals surface area (Å²) in [6.07, 6.45) is 5.19. The average Bonchev–Trinajstić information content (AvgIpc) is 3.07. The van der Waals surface area contributed by atoms with Crippen LogP contribution in [0.1, 0.15) is 68.1 Å². The minimum atomic E-state index is -0.416. The first-order valence-electron chi connectivity index (χ1n) is 16.4. The molecule has 46 heavy (non-hydrogen) atoms. The maximum atomic E-state index is 13.9. The number of hydrogen-bond donors (Lipinski definition) is 0. The summed E-state index contributed by atoms with van der Waals surface area (Å²) < 4.78 is 13.4. The second kappa shape index (κ2) is 13.3. The average molecular weight is 677 g/mol. The monoisotopic (exact) mass is 675 g/mol. The maximum Gasteiger partial charge on any atom is 0.175 e. The number of benzene rings is 4. The van der Waals surface area contributed by atoms with Crippen molar-refractivity contribution < 1.29 is 19.1 Å². The van der Waals surface area contributed by atoms with Gasteiger partial charge in [-0.3, -0.25) is 9.59 Å². The third-order valence-corrected chi connectivity index (χ3v) is 10.1. The number of ether oxygens (including phenoxy) is 2. The van der Waals surface area contributed by atoms with Crippen molar-refractivity contribution in [3.63, 3.8) is 0 Å². The van der Waals surface area contributed by atoms with E-state index in [0.717, 1.165) is 82.2 Å². The second-order valence-electron chi connectivity index (χ2n) is 12.3. The third-order valence-electron chi connectivity index (χ3n) is 9.47. The van der Waals surface area contributed by atoms with Gasteiger partial charge in [0.15, 0.2) is 23.1 Å². The molecule has 234 valence electrons. The molecule has 4 aromatic carbocycles. The SMILES string of the molecule is CCOc1cc(C2C3=C(CCCC3=O)N(CCc3ccccc3)C3=C2C(=O)CCC3)cc(Br)c1OCc1cccc2ccccc12. The lowest BCUT2D eigenvalue weighted by molar-refractivity contribution is -0.117. The van der Waals surface area contributed by atoms with Crippen LogP contribution < -0.4 is 9.47 Å². The summed E-state index contributed by atoms with van der Waals surface area (Å²) in [5, 5.41) is 2.32. The van der Waals surface area contributed by atoms with Crippen molar-refractivity contribution in [2.75, 3.05) is 13.2 Å². The molecule has 0 unspecified atom stereocenters. The number of ketones is 2. The molecule has 0 bridgehead atoms. The van der Waals surface area contributed by atoms with Crippen LogP contribution in [0.4, 0.5) is 0 Å². The van der Waals surface area contributed by atoms with Crippen LogP contribution in [0.15, 0.2) is 112 Å². The largest absolute Gasteiger partial charge is 0.490 e. The van der Waals surface area contributed by atoms with Crippen molar-refractivity contribution >= 4 is 38.3 Å². The summed E-state index contributed by atoms with van der Waals surface area (Å²) in [6, 6.07) is 29.0. The van der Waals surface area contributed by atoms with Gasteiger partial charge >= 0.3 is 0 Å². The first-order chi connectivity index (χ1) is 22.5. The Kier molecular flexibility index (Phi) is 8.81. The van der Waals surface area contributed by atoms with Gasteiger partial charge in [-0.25, -0.2) is 0 Å². The molecule has 7 rings (SSSR count). The Labute approximate surface area is 279 Å². The molecule has 0 N–H and O–H groups in total. The summed E-state index contributed by atoms with van der Waals surface area (Å²) in [4.78, 5) is 30.0. The van der Waals surface area contributed by atoms with Crippen LogP contribution in [0.3, 0.4) is 0 Å². The summed E-state index contributed by atoms with van der Waals surface area (Å²) >= 11 is 3.81. The van der Waals surface area contributed by atoms with Gasteiger partial charge in [0.2, 0.25) is 0 Å². The fraction of sp³-hybridized carbons (Fsp3) is 0.300. The fourth-order valence-corrected chi connectivity index (χ4v) is 8.01. The quantitative estimate of drug-likeness (QED) is 0.177. The van der Waals surface area contributed by atoms with E-state index in [0.29, 0.717) is 37.6 Å². The Morgan fingerprint density at radius 1 is 0.783 bits per heavy atom. The number of hydrogen-bond acceptors (Lipinski definition) is 5. The van der Waals surface area contributed by atoms with Crippen LogP contribution in [0, 0.1) is 0 Å². The number of carbonyl (C=O) groups excluding carboxylic acids is 2. The smallest absolute Gasteiger partial charge is 0.175 e. The number of allylic oxidation sites excluding steroid dienone is 4. The molecule has 1 aliphatic heterocycles. The zero-order valence-corrected chi connectivity index (χ0v) is 27.8. The highest BCUT2D eigenvalue weighted by atomic mass is 79.9. The molecule has 5 nitrogen and oxygen atoms in total. The Morgan fingerprint density at radius 3 is 2.17 bits per heavy atom. The van der Waals surface area contributed by atoms with E-state index in [1.807, 2.05) is 43.3 Å². The van der Waals surface area contributed by atoms with Gasteiger partial charge in [-0.05, 0) is 94.6 Å². The molecule has 0 atom stereocenters. The highest BCUT2D eigenvalue weighted by Gasteiger charge is 2.43. The van der Waals surface area contributed by atoms with E-state index in [9.17, 15) is 9.59 Å². The Hall–Kier alpha value is -4.16. The van der Waals surface area contributed by atoms with Gasteiger partial charge in [0.1, 0.15) is 6.61 Å². The predicted molar refractivity (Wildman–Crippen MR) is 185 cm³/mol. The van der Waals surface area contributed by atoms with Crippen molar-refractivity contribution in [1.29, 1.82) is 0 Å². The number of fused-ring (bicyclic) bond motifs is 1. The molecule has 0 amide bonds. The van der Waals surface area contributed by atoms with Crippen LogP contribution in [0.25, 0.3) is 10.8 Å². The number of rotatable bonds is 9. The molecule has 0 saturated heterocycles. The third kappa shape index (κ3) is 5.79. The lowest BCUT2D eigenvalue weighted by Crippen LogP contribution is -2.40. The van der Waals surface area contributed by atoms with E-state index in [-0.39, 0.29) is 11.6 Å². The minimum absolute atomic E-state index is 0.145. The second-order valence-corrected chi connectivity index (χ2v) is 13.1. The predicted octanol–water partition coefficient (Wildman–Crippen LogP) is 9.24. The number of nitrogens with zero attached hydrogens (tertiary/aromatic N) is 1. The molecule has 2 aliphatic carbocycles. The van der Waals surface area contributed by atoms with Crippen LogP contribution in [-0.4, -0.2) is 29.6 Å². The zero-order chi connectivity index (χ0) is 31.6. The van der Waals surface area contributed by atoms with E-state index < -0.39 is 5.92 Å². The van der Waals surface area contributed by atoms with Crippen molar-refractivity contribution in [2.24, 2.45) is 0 Å². The van der Waals surface area contributed by atoms with Crippen LogP contribution in [0.2, 0.25) is 0 Å². The number of carbonyl (C=O) groups is 2. The Morgan fingerprint density at radius 2 is 1.46 bits per heavy atom. The van der Waals surface area contributed by atoms with E-state index in [4.69, 9.17) is 9.47 Å². The van der Waals surface area contributed by atoms with Crippen molar-refractivity contribution in [3.05, 3.63) is 129 Å². The number of halogens is 1. The summed E-state index contributed by atoms with van der Waals surface area (Å²) in [5.41, 5.74) is 6.99. The molecule has 1 heterocycles. The number of Topliss-reactive ketones (excluding diaryl/α,β-unsaturated/α-hetero) is 2. The van der Waals surface area contributed by atoms with Gasteiger partial charge in [-0.1, -0.05) is 72.8 Å². The van der Waals surface area contributed by atoms with E-state index in [1.54, 1.807) is 0 Å². The van der Waals surface area contributed by atoms with Crippen LogP contribution in [-0.2, 0) is 22.6 Å². The minimum Gasteiger partial charge on any atom is -0.490 e. The lowest BCUT2D eigenvalue weighted by atomic mass is 9.71. The van der Waals surface area contributed by atoms with Crippen molar-refractivity contribution in [2.45, 2.75) is 64.4 Å². The topological polar surface area (TPSA) is 55.8 Å². The molecule has 3 aliphatic rings. The van der Waals surface area contributed by atoms with Gasteiger partial charge in [0.05, 0.1) is 11.1 Å². The lowest BCUT2D eigenvalue weighted by Gasteiger charge is -2.44. The zero-order valence-electron chi connectivity index (χ0n) is 26.2. The van der Waals surface area contributed by atoms with E-state index in [2.05, 4.69) is 69.4 Å². The van der Waals surface area contributed by atoms with Gasteiger partial charge in [-0.2, -0.15) is 0 Å². The molecule has 0 saturated carbocycles. The standard InChI is InChI=1S/C40H38BrNO4/c1-2-45-36-24-29(23-31(41)40(36)46-25-28-15-8-14-27-13-6-7-16-30(27)28)37-38-32(17-9-19-34(38)43)42(22-21-26-11-4-3-5-12-26)33-18-10-20-35(44)39(33)37/h3-8,11-16,23-24,37H,2,9-10,17-22,25H2,1H3. The Balaban J connectivity index is 1.29. The van der Waals surface area contributed by atoms with Gasteiger partial charge in [-0.15, -0.1) is 0 Å². The highest BCUT2D eigenvalue weighted by molar-refractivity contribution is 9.10. The molecule has 0 spiro atoms. The summed E-state index contributed by atoms with van der Waals surface area (Å²) in [7, 11) is 0. The Bertz CT molecular complexity index is 1830. The van der Waals surface area contributed by atoms with Gasteiger partial charge < -0.3 is 14.4 Å². The van der Waals surface area contributed by atoms with E-state index >= 15 is 0 Å². The fourth-order valence-electron chi connectivity index (χ4n) is 7.43. The van der Waals surface area contributed by atoms with Crippen molar-refractivity contribution in [1.82, 2.24) is 4.90 Å². The molecule has 6 heteroatoms. The molecule has 0 aromatic heterocycles. The van der Waals surface area contributed by atoms with Gasteiger partial charge in [0, 0.05) is 47.8 Å². The maximum absolute atomic E-state index is 13.9. The molecule has 0 radical (unpaired) electrons. The van der Waals surface area contributed by atoms with Gasteiger partial charge in [0.25, 0.3) is 0 Å². The van der Waals surface area contributed by atoms with Crippen molar-refractivity contribution in [3.8, 4) is 11.5 Å². The highest BCUT2D eigenvalue weighted by Crippen LogP contribution is 2.51. The van der Waals surface area contributed by atoms with Crippen LogP contribution in [0.5, 0.6) is 11.5 Å². The van der Waals surface area contributed by atoms with E-state index in [1.165, 1.54) is 10.9 Å². The molecular formula is C40H38BrNO4. The van der Waals surface area contributed by atoms with Crippen LogP contribution >= 0.6 is 15.9 Å². The summed E-state index contributed by atoms with van der Waals surface area (Å²) in [5.74, 6) is 1.10. The first kappa shape index (κ1) is 30.5. The molecule has 0 fully saturated rings.